The quantitative estimate of drug-likeness (QED) is 0.519. The number of carbonyl (C=O) groups is 1. The summed E-state index contributed by atoms with van der Waals surface area (Å²) in [5.41, 5.74) is 5.20. The molecule has 3 nitrogen and oxygen atoms in total. The molecule has 0 heterocycles. The highest BCUT2D eigenvalue weighted by Crippen LogP contribution is 1.97. The van der Waals surface area contributed by atoms with E-state index in [9.17, 15) is 4.79 Å². The maximum absolute atomic E-state index is 11.0. The second kappa shape index (κ2) is 5.94. The molecule has 12 heavy (non-hydrogen) atoms. The number of carbonyl (C=O) groups excluding carboxylic acids is 1. The summed E-state index contributed by atoms with van der Waals surface area (Å²) >= 11 is 4.86. The SMILES string of the molecule is CCC(=S)NNC(=O)CC(C)C. The van der Waals surface area contributed by atoms with Gasteiger partial charge in [-0.05, 0) is 12.3 Å². The Labute approximate surface area is 78.9 Å². The molecular formula is C8H16N2OS. The summed E-state index contributed by atoms with van der Waals surface area (Å²) in [5.74, 6) is 0.364. The minimum atomic E-state index is -0.0131. The van der Waals surface area contributed by atoms with Gasteiger partial charge in [-0.25, -0.2) is 0 Å². The number of rotatable bonds is 3. The smallest absolute Gasteiger partial charge is 0.238 e. The van der Waals surface area contributed by atoms with Crippen LogP contribution in [0.1, 0.15) is 33.6 Å². The Morgan fingerprint density at radius 1 is 1.42 bits per heavy atom. The van der Waals surface area contributed by atoms with E-state index in [1.165, 1.54) is 0 Å². The number of hydrazine groups is 1. The van der Waals surface area contributed by atoms with Crippen molar-refractivity contribution in [3.8, 4) is 0 Å². The lowest BCUT2D eigenvalue weighted by Crippen LogP contribution is -2.40. The van der Waals surface area contributed by atoms with E-state index >= 15 is 0 Å². The summed E-state index contributed by atoms with van der Waals surface area (Å²) in [4.78, 5) is 11.7. The molecule has 0 atom stereocenters. The summed E-state index contributed by atoms with van der Waals surface area (Å²) < 4.78 is 0. The fraction of sp³-hybridized carbons (Fsp3) is 0.750. The van der Waals surface area contributed by atoms with Crippen LogP contribution in [-0.2, 0) is 4.79 Å². The number of hydrogen-bond donors (Lipinski definition) is 2. The fourth-order valence-corrected chi connectivity index (χ4v) is 0.701. The van der Waals surface area contributed by atoms with Crippen molar-refractivity contribution in [2.75, 3.05) is 0 Å². The van der Waals surface area contributed by atoms with Gasteiger partial charge in [0.05, 0.1) is 4.99 Å². The summed E-state index contributed by atoms with van der Waals surface area (Å²) in [6.07, 6.45) is 1.27. The van der Waals surface area contributed by atoms with Gasteiger partial charge in [0.2, 0.25) is 5.91 Å². The third-order valence-corrected chi connectivity index (χ3v) is 1.65. The minimum Gasteiger partial charge on any atom is -0.292 e. The Bertz CT molecular complexity index is 168. The molecule has 1 amide bonds. The predicted octanol–water partition coefficient (Wildman–Crippen LogP) is 1.39. The predicted molar refractivity (Wildman–Crippen MR) is 53.6 cm³/mol. The number of thiocarbonyl (C=S) groups is 1. The van der Waals surface area contributed by atoms with Crippen LogP contribution in [0.5, 0.6) is 0 Å². The van der Waals surface area contributed by atoms with E-state index in [-0.39, 0.29) is 5.91 Å². The Balaban J connectivity index is 3.51. The van der Waals surface area contributed by atoms with Crippen LogP contribution >= 0.6 is 12.2 Å². The third kappa shape index (κ3) is 6.09. The first-order valence-corrected chi connectivity index (χ1v) is 4.54. The van der Waals surface area contributed by atoms with Gasteiger partial charge in [0.25, 0.3) is 0 Å². The maximum atomic E-state index is 11.0. The first-order chi connectivity index (χ1) is 5.56. The van der Waals surface area contributed by atoms with Crippen molar-refractivity contribution < 1.29 is 4.79 Å². The molecule has 0 unspecified atom stereocenters. The standard InChI is InChI=1S/C8H16N2OS/c1-4-8(12)10-9-7(11)5-6(2)3/h6H,4-5H2,1-3H3,(H,9,11)(H,10,12). The van der Waals surface area contributed by atoms with Gasteiger partial charge in [-0.15, -0.1) is 0 Å². The molecular weight excluding hydrogens is 172 g/mol. The van der Waals surface area contributed by atoms with Crippen molar-refractivity contribution in [1.29, 1.82) is 0 Å². The van der Waals surface area contributed by atoms with Gasteiger partial charge in [0, 0.05) is 6.42 Å². The van der Waals surface area contributed by atoms with E-state index in [0.717, 1.165) is 6.42 Å². The molecule has 2 N–H and O–H groups in total. The van der Waals surface area contributed by atoms with Crippen LogP contribution < -0.4 is 10.9 Å². The van der Waals surface area contributed by atoms with Crippen LogP contribution in [-0.4, -0.2) is 10.9 Å². The molecule has 0 saturated heterocycles. The molecule has 0 fully saturated rings. The van der Waals surface area contributed by atoms with Crippen molar-refractivity contribution in [2.24, 2.45) is 5.92 Å². The molecule has 0 bridgehead atoms. The average molecular weight is 188 g/mol. The number of hydrogen-bond acceptors (Lipinski definition) is 2. The second-order valence-electron chi connectivity index (χ2n) is 3.05. The molecule has 0 radical (unpaired) electrons. The van der Waals surface area contributed by atoms with Crippen LogP contribution in [0.3, 0.4) is 0 Å². The van der Waals surface area contributed by atoms with Gasteiger partial charge >= 0.3 is 0 Å². The lowest BCUT2D eigenvalue weighted by atomic mass is 10.1. The highest BCUT2D eigenvalue weighted by Gasteiger charge is 2.03. The van der Waals surface area contributed by atoms with E-state index in [4.69, 9.17) is 12.2 Å². The summed E-state index contributed by atoms with van der Waals surface area (Å²) in [5, 5.41) is 0. The van der Waals surface area contributed by atoms with Gasteiger partial charge in [-0.1, -0.05) is 33.0 Å². The Morgan fingerprint density at radius 3 is 2.42 bits per heavy atom. The molecule has 0 spiro atoms. The molecule has 0 aromatic carbocycles. The normalized spacial score (nSPS) is 9.67. The molecule has 0 aromatic rings. The van der Waals surface area contributed by atoms with Crippen molar-refractivity contribution >= 4 is 23.1 Å². The average Bonchev–Trinajstić information content (AvgIpc) is 1.99. The molecule has 4 heteroatoms. The van der Waals surface area contributed by atoms with E-state index in [2.05, 4.69) is 10.9 Å². The Hall–Kier alpha value is -0.640. The summed E-state index contributed by atoms with van der Waals surface area (Å²) in [6, 6.07) is 0. The minimum absolute atomic E-state index is 0.0131. The third-order valence-electron chi connectivity index (χ3n) is 1.26. The Morgan fingerprint density at radius 2 is 2.00 bits per heavy atom. The van der Waals surface area contributed by atoms with Crippen LogP contribution in [0.25, 0.3) is 0 Å². The van der Waals surface area contributed by atoms with Crippen LogP contribution in [0.2, 0.25) is 0 Å². The maximum Gasteiger partial charge on any atom is 0.238 e. The van der Waals surface area contributed by atoms with Crippen LogP contribution in [0.4, 0.5) is 0 Å². The molecule has 0 aromatic heterocycles. The Kier molecular flexibility index (Phi) is 5.62. The molecule has 0 saturated carbocycles. The van der Waals surface area contributed by atoms with E-state index in [1.807, 2.05) is 20.8 Å². The molecule has 0 aliphatic heterocycles. The van der Waals surface area contributed by atoms with E-state index < -0.39 is 0 Å². The number of amides is 1. The van der Waals surface area contributed by atoms with Gasteiger partial charge < -0.3 is 0 Å². The fourth-order valence-electron chi connectivity index (χ4n) is 0.650. The zero-order chi connectivity index (χ0) is 9.56. The zero-order valence-corrected chi connectivity index (χ0v) is 8.62. The molecule has 0 aliphatic rings. The van der Waals surface area contributed by atoms with Gasteiger partial charge in [-0.3, -0.25) is 15.6 Å². The van der Waals surface area contributed by atoms with Crippen molar-refractivity contribution in [3.63, 3.8) is 0 Å². The monoisotopic (exact) mass is 188 g/mol. The molecule has 70 valence electrons. The van der Waals surface area contributed by atoms with Crippen LogP contribution in [0.15, 0.2) is 0 Å². The van der Waals surface area contributed by atoms with Crippen molar-refractivity contribution in [2.45, 2.75) is 33.6 Å². The lowest BCUT2D eigenvalue weighted by molar-refractivity contribution is -0.122. The van der Waals surface area contributed by atoms with Crippen molar-refractivity contribution in [1.82, 2.24) is 10.9 Å². The highest BCUT2D eigenvalue weighted by molar-refractivity contribution is 7.80. The topological polar surface area (TPSA) is 41.1 Å². The second-order valence-corrected chi connectivity index (χ2v) is 3.54. The van der Waals surface area contributed by atoms with Crippen molar-refractivity contribution in [3.05, 3.63) is 0 Å². The zero-order valence-electron chi connectivity index (χ0n) is 7.81. The van der Waals surface area contributed by atoms with E-state index in [0.29, 0.717) is 17.3 Å². The van der Waals surface area contributed by atoms with E-state index in [1.54, 1.807) is 0 Å². The highest BCUT2D eigenvalue weighted by atomic mass is 32.1. The largest absolute Gasteiger partial charge is 0.292 e. The number of nitrogens with one attached hydrogen (secondary N) is 2. The summed E-state index contributed by atoms with van der Waals surface area (Å²) in [7, 11) is 0. The van der Waals surface area contributed by atoms with Gasteiger partial charge in [0.15, 0.2) is 0 Å². The first-order valence-electron chi connectivity index (χ1n) is 4.14. The molecule has 0 aliphatic carbocycles. The molecule has 0 rings (SSSR count). The first kappa shape index (κ1) is 11.4. The van der Waals surface area contributed by atoms with Gasteiger partial charge in [-0.2, -0.15) is 0 Å². The van der Waals surface area contributed by atoms with Gasteiger partial charge in [0.1, 0.15) is 0 Å². The summed E-state index contributed by atoms with van der Waals surface area (Å²) in [6.45, 7) is 5.93. The lowest BCUT2D eigenvalue weighted by Gasteiger charge is -2.08. The van der Waals surface area contributed by atoms with Crippen LogP contribution in [0, 0.1) is 5.92 Å².